The molecule has 0 aromatic heterocycles. The van der Waals surface area contributed by atoms with Crippen LogP contribution in [0.25, 0.3) is 0 Å². The van der Waals surface area contributed by atoms with E-state index in [4.69, 9.17) is 5.73 Å². The minimum Gasteiger partial charge on any atom is -0.393 e. The molecule has 3 N–H and O–H groups in total. The van der Waals surface area contributed by atoms with Crippen LogP contribution in [0.5, 0.6) is 0 Å². The lowest BCUT2D eigenvalue weighted by Crippen LogP contribution is -2.52. The van der Waals surface area contributed by atoms with Gasteiger partial charge in [-0.3, -0.25) is 0 Å². The molecule has 4 aliphatic carbocycles. The molecule has 7 atom stereocenters. The van der Waals surface area contributed by atoms with Crippen molar-refractivity contribution in [3.63, 3.8) is 0 Å². The number of nitrogens with two attached hydrogens (primary N) is 1. The molecule has 0 spiro atoms. The first-order valence-corrected chi connectivity index (χ1v) is 9.08. The number of aliphatic hydroxyl groups is 1. The number of fused-ring (bicyclic) bond motifs is 5. The van der Waals surface area contributed by atoms with Crippen molar-refractivity contribution in [3.05, 3.63) is 11.6 Å². The number of hydrogen-bond acceptors (Lipinski definition) is 2. The molecule has 0 saturated heterocycles. The molecule has 0 aromatic carbocycles. The normalized spacial score (nSPS) is 56.2. The minimum absolute atomic E-state index is 0.0883. The smallest absolute Gasteiger partial charge is 0.0577 e. The third-order valence-corrected chi connectivity index (χ3v) is 8.15. The molecule has 4 aliphatic rings. The van der Waals surface area contributed by atoms with E-state index in [1.165, 1.54) is 38.5 Å². The highest BCUT2D eigenvalue weighted by Gasteiger charge is 2.57. The third-order valence-electron chi connectivity index (χ3n) is 8.15. The van der Waals surface area contributed by atoms with Crippen molar-refractivity contribution in [2.24, 2.45) is 34.3 Å². The van der Waals surface area contributed by atoms with E-state index in [9.17, 15) is 5.11 Å². The second kappa shape index (κ2) is 4.58. The Hall–Kier alpha value is -0.340. The summed E-state index contributed by atoms with van der Waals surface area (Å²) in [5.74, 6) is 2.53. The summed E-state index contributed by atoms with van der Waals surface area (Å²) in [5, 5.41) is 10.0. The van der Waals surface area contributed by atoms with Crippen molar-refractivity contribution in [2.45, 2.75) is 77.4 Å². The van der Waals surface area contributed by atoms with Gasteiger partial charge >= 0.3 is 0 Å². The Kier molecular flexibility index (Phi) is 3.11. The Balaban J connectivity index is 1.68. The van der Waals surface area contributed by atoms with E-state index in [0.29, 0.717) is 16.9 Å². The maximum Gasteiger partial charge on any atom is 0.0577 e. The summed E-state index contributed by atoms with van der Waals surface area (Å²) >= 11 is 0. The molecule has 0 bridgehead atoms. The Bertz CT molecular complexity index is 472. The van der Waals surface area contributed by atoms with Crippen molar-refractivity contribution in [1.82, 2.24) is 0 Å². The summed E-state index contributed by atoms with van der Waals surface area (Å²) in [7, 11) is 0. The molecule has 0 amide bonds. The van der Waals surface area contributed by atoms with E-state index >= 15 is 0 Å². The summed E-state index contributed by atoms with van der Waals surface area (Å²) in [6.45, 7) is 4.97. The molecule has 2 nitrogen and oxygen atoms in total. The standard InChI is InChI=1S/C19H31NO/c1-18-9-7-13(21)11-12(18)3-4-14-15-5-6-17(20)19(15,2)10-8-16(14)18/h3,13-17,21H,4-11,20H2,1-2H3/t13?,14?,15?,16?,17?,18-,19-/m1/s1. The van der Waals surface area contributed by atoms with Crippen LogP contribution in [0.3, 0.4) is 0 Å². The summed E-state index contributed by atoms with van der Waals surface area (Å²) in [6.07, 6.45) is 12.1. The SMILES string of the molecule is C[C@@]12CCC3C(CC=C4CC(O)CC[C@]43C)C1CCC2N. The van der Waals surface area contributed by atoms with Crippen LogP contribution in [-0.4, -0.2) is 17.3 Å². The first-order chi connectivity index (χ1) is 9.95. The fourth-order valence-electron chi connectivity index (χ4n) is 6.68. The Morgan fingerprint density at radius 3 is 2.71 bits per heavy atom. The van der Waals surface area contributed by atoms with Gasteiger partial charge in [0, 0.05) is 6.04 Å². The predicted molar refractivity (Wildman–Crippen MR) is 85.7 cm³/mol. The Morgan fingerprint density at radius 2 is 1.90 bits per heavy atom. The molecule has 0 heterocycles. The van der Waals surface area contributed by atoms with Gasteiger partial charge in [-0.05, 0) is 80.0 Å². The van der Waals surface area contributed by atoms with Crippen molar-refractivity contribution in [2.75, 3.05) is 0 Å². The van der Waals surface area contributed by atoms with E-state index in [1.54, 1.807) is 5.57 Å². The Morgan fingerprint density at radius 1 is 1.10 bits per heavy atom. The molecule has 2 heteroatoms. The molecule has 4 rings (SSSR count). The van der Waals surface area contributed by atoms with Crippen LogP contribution in [0.15, 0.2) is 11.6 Å². The van der Waals surface area contributed by atoms with Crippen LogP contribution in [-0.2, 0) is 0 Å². The maximum atomic E-state index is 10.0. The number of rotatable bonds is 0. The second-order valence-electron chi connectivity index (χ2n) is 8.88. The van der Waals surface area contributed by atoms with Crippen LogP contribution in [0.1, 0.15) is 65.2 Å². The molecule has 5 unspecified atom stereocenters. The van der Waals surface area contributed by atoms with Gasteiger partial charge in [0.15, 0.2) is 0 Å². The highest BCUT2D eigenvalue weighted by atomic mass is 16.3. The quantitative estimate of drug-likeness (QED) is 0.669. The first kappa shape index (κ1) is 14.3. The number of aliphatic hydroxyl groups excluding tert-OH is 1. The molecular weight excluding hydrogens is 258 g/mol. The van der Waals surface area contributed by atoms with Gasteiger partial charge in [-0.1, -0.05) is 25.5 Å². The summed E-state index contributed by atoms with van der Waals surface area (Å²) in [5.41, 5.74) is 8.83. The zero-order valence-electron chi connectivity index (χ0n) is 13.6. The minimum atomic E-state index is -0.0883. The van der Waals surface area contributed by atoms with Crippen LogP contribution < -0.4 is 5.73 Å². The zero-order valence-corrected chi connectivity index (χ0v) is 13.6. The second-order valence-corrected chi connectivity index (χ2v) is 8.88. The fourth-order valence-corrected chi connectivity index (χ4v) is 6.68. The van der Waals surface area contributed by atoms with Crippen LogP contribution in [0.4, 0.5) is 0 Å². The van der Waals surface area contributed by atoms with Crippen molar-refractivity contribution in [1.29, 1.82) is 0 Å². The van der Waals surface area contributed by atoms with E-state index in [2.05, 4.69) is 19.9 Å². The molecule has 0 aliphatic heterocycles. The van der Waals surface area contributed by atoms with Crippen molar-refractivity contribution < 1.29 is 5.11 Å². The van der Waals surface area contributed by atoms with Gasteiger partial charge in [0.2, 0.25) is 0 Å². The molecule has 118 valence electrons. The van der Waals surface area contributed by atoms with Gasteiger partial charge in [-0.2, -0.15) is 0 Å². The molecular formula is C19H31NO. The molecule has 3 saturated carbocycles. The lowest BCUT2D eigenvalue weighted by Gasteiger charge is -2.57. The summed E-state index contributed by atoms with van der Waals surface area (Å²) in [6, 6.07) is 0.426. The topological polar surface area (TPSA) is 46.2 Å². The van der Waals surface area contributed by atoms with E-state index in [0.717, 1.165) is 30.6 Å². The lowest BCUT2D eigenvalue weighted by atomic mass is 9.48. The summed E-state index contributed by atoms with van der Waals surface area (Å²) in [4.78, 5) is 0. The van der Waals surface area contributed by atoms with Crippen LogP contribution >= 0.6 is 0 Å². The van der Waals surface area contributed by atoms with Crippen LogP contribution in [0, 0.1) is 28.6 Å². The Labute approximate surface area is 129 Å². The first-order valence-electron chi connectivity index (χ1n) is 9.08. The molecule has 21 heavy (non-hydrogen) atoms. The average molecular weight is 289 g/mol. The zero-order chi connectivity index (χ0) is 14.8. The molecule has 0 radical (unpaired) electrons. The van der Waals surface area contributed by atoms with Crippen molar-refractivity contribution >= 4 is 0 Å². The molecule has 3 fully saturated rings. The number of allylic oxidation sites excluding steroid dienone is 1. The maximum absolute atomic E-state index is 10.0. The van der Waals surface area contributed by atoms with Gasteiger partial charge in [-0.15, -0.1) is 0 Å². The lowest BCUT2D eigenvalue weighted by molar-refractivity contribution is -0.0401. The predicted octanol–water partition coefficient (Wildman–Crippen LogP) is 3.64. The van der Waals surface area contributed by atoms with E-state index in [1.807, 2.05) is 0 Å². The van der Waals surface area contributed by atoms with E-state index in [-0.39, 0.29) is 6.10 Å². The van der Waals surface area contributed by atoms with Crippen LogP contribution in [0.2, 0.25) is 0 Å². The van der Waals surface area contributed by atoms with E-state index < -0.39 is 0 Å². The van der Waals surface area contributed by atoms with Gasteiger partial charge in [0.1, 0.15) is 0 Å². The third kappa shape index (κ3) is 1.84. The largest absolute Gasteiger partial charge is 0.393 e. The average Bonchev–Trinajstić information content (AvgIpc) is 2.76. The van der Waals surface area contributed by atoms with Gasteiger partial charge in [-0.25, -0.2) is 0 Å². The van der Waals surface area contributed by atoms with Crippen molar-refractivity contribution in [3.8, 4) is 0 Å². The number of hydrogen-bond donors (Lipinski definition) is 2. The van der Waals surface area contributed by atoms with Gasteiger partial charge < -0.3 is 10.8 Å². The molecule has 0 aromatic rings. The highest BCUT2D eigenvalue weighted by Crippen LogP contribution is 2.64. The summed E-state index contributed by atoms with van der Waals surface area (Å²) < 4.78 is 0. The fraction of sp³-hybridized carbons (Fsp3) is 0.895. The van der Waals surface area contributed by atoms with Gasteiger partial charge in [0.05, 0.1) is 6.10 Å². The highest BCUT2D eigenvalue weighted by molar-refractivity contribution is 5.25. The van der Waals surface area contributed by atoms with Gasteiger partial charge in [0.25, 0.3) is 0 Å². The monoisotopic (exact) mass is 289 g/mol.